The first-order valence-electron chi connectivity index (χ1n) is 14.3. The van der Waals surface area contributed by atoms with E-state index in [0.717, 1.165) is 12.8 Å². The minimum absolute atomic E-state index is 0.0421. The molecule has 1 heterocycles. The molecule has 0 unspecified atom stereocenters. The van der Waals surface area contributed by atoms with E-state index >= 15 is 0 Å². The first-order chi connectivity index (χ1) is 16.2. The topological polar surface area (TPSA) is 55.4 Å². The fourth-order valence-corrected chi connectivity index (χ4v) is 4.46. The van der Waals surface area contributed by atoms with Crippen molar-refractivity contribution in [3.8, 4) is 0 Å². The molecule has 192 valence electrons. The van der Waals surface area contributed by atoms with Gasteiger partial charge in [-0.1, -0.05) is 122 Å². The van der Waals surface area contributed by atoms with Gasteiger partial charge in [0.1, 0.15) is 6.04 Å². The molecule has 1 rings (SSSR count). The Morgan fingerprint density at radius 2 is 1.21 bits per heavy atom. The zero-order chi connectivity index (χ0) is 23.8. The summed E-state index contributed by atoms with van der Waals surface area (Å²) in [6.07, 6.45) is 32.3. The molecule has 1 N–H and O–H groups in total. The summed E-state index contributed by atoms with van der Waals surface area (Å²) in [7, 11) is 0. The molecule has 1 saturated heterocycles. The van der Waals surface area contributed by atoms with Crippen molar-refractivity contribution < 1.29 is 14.3 Å². The zero-order valence-corrected chi connectivity index (χ0v) is 21.7. The van der Waals surface area contributed by atoms with E-state index in [2.05, 4.69) is 24.4 Å². The van der Waals surface area contributed by atoms with E-state index in [1.807, 2.05) is 0 Å². The Kier molecular flexibility index (Phi) is 20.2. The molecule has 1 amide bonds. The van der Waals surface area contributed by atoms with Crippen LogP contribution in [0.5, 0.6) is 0 Å². The second kappa shape index (κ2) is 22.5. The lowest BCUT2D eigenvalue weighted by atomic mass is 10.0. The van der Waals surface area contributed by atoms with Gasteiger partial charge < -0.3 is 10.1 Å². The highest BCUT2D eigenvalue weighted by atomic mass is 16.5. The molecule has 0 aromatic carbocycles. The number of carbonyl (C=O) groups excluding carboxylic acids is 2. The van der Waals surface area contributed by atoms with E-state index in [1.54, 1.807) is 0 Å². The summed E-state index contributed by atoms with van der Waals surface area (Å²) in [5, 5.41) is 2.65. The molecule has 1 aliphatic heterocycles. The maximum absolute atomic E-state index is 11.8. The molecule has 0 radical (unpaired) electrons. The summed E-state index contributed by atoms with van der Waals surface area (Å²) in [6, 6.07) is -0.407. The van der Waals surface area contributed by atoms with Crippen molar-refractivity contribution in [3.63, 3.8) is 0 Å². The summed E-state index contributed by atoms with van der Waals surface area (Å²) >= 11 is 0. The molecule has 0 saturated carbocycles. The molecule has 0 bridgehead atoms. The molecule has 1 aliphatic rings. The van der Waals surface area contributed by atoms with Gasteiger partial charge in [0.25, 0.3) is 0 Å². The highest BCUT2D eigenvalue weighted by molar-refractivity contribution is 5.87. The Bertz CT molecular complexity index is 503. The minimum atomic E-state index is -0.407. The van der Waals surface area contributed by atoms with Gasteiger partial charge in [0.15, 0.2) is 0 Å². The first kappa shape index (κ1) is 29.7. The van der Waals surface area contributed by atoms with Crippen molar-refractivity contribution >= 4 is 11.9 Å². The molecule has 0 aliphatic carbocycles. The van der Waals surface area contributed by atoms with Gasteiger partial charge in [-0.25, -0.2) is 4.79 Å². The summed E-state index contributed by atoms with van der Waals surface area (Å²) in [4.78, 5) is 22.9. The number of unbranched alkanes of at least 4 members (excludes halogenated alkanes) is 18. The number of hydrogen-bond donors (Lipinski definition) is 1. The lowest BCUT2D eigenvalue weighted by Gasteiger charge is -2.09. The van der Waals surface area contributed by atoms with Crippen molar-refractivity contribution in [2.24, 2.45) is 0 Å². The van der Waals surface area contributed by atoms with Crippen LogP contribution in [-0.4, -0.2) is 24.5 Å². The van der Waals surface area contributed by atoms with Gasteiger partial charge in [0.05, 0.1) is 6.61 Å². The van der Waals surface area contributed by atoms with Crippen molar-refractivity contribution in [1.82, 2.24) is 5.32 Å². The molecule has 4 heteroatoms. The number of amides is 1. The normalized spacial score (nSPS) is 15.9. The molecular formula is C29H53NO3. The summed E-state index contributed by atoms with van der Waals surface area (Å²) in [6.45, 7) is 2.74. The Hall–Kier alpha value is -1.32. The third kappa shape index (κ3) is 18.8. The molecule has 0 aromatic rings. The molecular weight excluding hydrogens is 410 g/mol. The Labute approximate surface area is 204 Å². The van der Waals surface area contributed by atoms with Crippen LogP contribution in [0.2, 0.25) is 0 Å². The van der Waals surface area contributed by atoms with Crippen LogP contribution in [0.3, 0.4) is 0 Å². The van der Waals surface area contributed by atoms with Crippen LogP contribution in [0, 0.1) is 0 Å². The number of nitrogens with one attached hydrogen (secondary N) is 1. The minimum Gasteiger partial charge on any atom is -0.464 e. The van der Waals surface area contributed by atoms with Crippen LogP contribution in [0.15, 0.2) is 12.2 Å². The summed E-state index contributed by atoms with van der Waals surface area (Å²) in [5.74, 6) is -0.304. The monoisotopic (exact) mass is 463 g/mol. The van der Waals surface area contributed by atoms with Crippen molar-refractivity contribution in [1.29, 1.82) is 0 Å². The second-order valence-electron chi connectivity index (χ2n) is 9.89. The number of rotatable bonds is 23. The van der Waals surface area contributed by atoms with Crippen LogP contribution in [0.4, 0.5) is 0 Å². The fourth-order valence-electron chi connectivity index (χ4n) is 4.46. The van der Waals surface area contributed by atoms with E-state index in [9.17, 15) is 9.59 Å². The van der Waals surface area contributed by atoms with Crippen molar-refractivity contribution in [2.75, 3.05) is 6.61 Å². The standard InChI is InChI=1S/C29H53NO3/c1-2-3-4-5-6-7-8-9-10-11-12-13-14-15-16-17-18-19-20-21-22-23-26-33-29(32)27-24-25-28(31)30-27/h5-6,27H,2-4,7-26H2,1H3,(H,30,31)/b6-5+/t27-/m0/s1. The highest BCUT2D eigenvalue weighted by Crippen LogP contribution is 2.14. The van der Waals surface area contributed by atoms with E-state index < -0.39 is 6.04 Å². The second-order valence-corrected chi connectivity index (χ2v) is 9.89. The Morgan fingerprint density at radius 1 is 0.758 bits per heavy atom. The summed E-state index contributed by atoms with van der Waals surface area (Å²) < 4.78 is 5.26. The molecule has 0 spiro atoms. The van der Waals surface area contributed by atoms with Gasteiger partial charge in [0, 0.05) is 6.42 Å². The van der Waals surface area contributed by atoms with Crippen LogP contribution in [-0.2, 0) is 14.3 Å². The van der Waals surface area contributed by atoms with Crippen molar-refractivity contribution in [3.05, 3.63) is 12.2 Å². The lowest BCUT2D eigenvalue weighted by Crippen LogP contribution is -2.34. The fraction of sp³-hybridized carbons (Fsp3) is 0.862. The van der Waals surface area contributed by atoms with Gasteiger partial charge in [-0.2, -0.15) is 0 Å². The maximum atomic E-state index is 11.8. The lowest BCUT2D eigenvalue weighted by molar-refractivity contribution is -0.146. The van der Waals surface area contributed by atoms with Crippen LogP contribution < -0.4 is 5.32 Å². The van der Waals surface area contributed by atoms with Crippen LogP contribution in [0.25, 0.3) is 0 Å². The number of ether oxygens (including phenoxy) is 1. The molecule has 33 heavy (non-hydrogen) atoms. The third-order valence-electron chi connectivity index (χ3n) is 6.68. The van der Waals surface area contributed by atoms with Gasteiger partial charge in [-0.15, -0.1) is 0 Å². The smallest absolute Gasteiger partial charge is 0.328 e. The van der Waals surface area contributed by atoms with Gasteiger partial charge >= 0.3 is 5.97 Å². The molecule has 4 nitrogen and oxygen atoms in total. The van der Waals surface area contributed by atoms with Gasteiger partial charge in [0.2, 0.25) is 5.91 Å². The largest absolute Gasteiger partial charge is 0.464 e. The molecule has 1 atom stereocenters. The van der Waals surface area contributed by atoms with E-state index in [0.29, 0.717) is 19.4 Å². The summed E-state index contributed by atoms with van der Waals surface area (Å²) in [5.41, 5.74) is 0. The van der Waals surface area contributed by atoms with Gasteiger partial charge in [-0.3, -0.25) is 4.79 Å². The van der Waals surface area contributed by atoms with Gasteiger partial charge in [-0.05, 0) is 32.1 Å². The SMILES string of the molecule is CCCC/C=C/CCCCCCCCCCCCCCCCCCOC(=O)[C@@H]1CCC(=O)N1. The number of carbonyl (C=O) groups is 2. The van der Waals surface area contributed by atoms with Crippen LogP contribution in [0.1, 0.15) is 148 Å². The number of hydrogen-bond acceptors (Lipinski definition) is 3. The van der Waals surface area contributed by atoms with Crippen molar-refractivity contribution in [2.45, 2.75) is 154 Å². The predicted molar refractivity (Wildman–Crippen MR) is 139 cm³/mol. The van der Waals surface area contributed by atoms with E-state index in [1.165, 1.54) is 116 Å². The van der Waals surface area contributed by atoms with E-state index in [4.69, 9.17) is 4.74 Å². The average Bonchev–Trinajstić information content (AvgIpc) is 3.26. The first-order valence-corrected chi connectivity index (χ1v) is 14.3. The Morgan fingerprint density at radius 3 is 1.67 bits per heavy atom. The number of allylic oxidation sites excluding steroid dienone is 2. The average molecular weight is 464 g/mol. The predicted octanol–water partition coefficient (Wildman–Crippen LogP) is 8.19. The highest BCUT2D eigenvalue weighted by Gasteiger charge is 2.28. The quantitative estimate of drug-likeness (QED) is 0.0944. The zero-order valence-electron chi connectivity index (χ0n) is 21.7. The molecule has 0 aromatic heterocycles. The Balaban J connectivity index is 1.69. The third-order valence-corrected chi connectivity index (χ3v) is 6.68. The maximum Gasteiger partial charge on any atom is 0.328 e. The molecule has 1 fully saturated rings. The van der Waals surface area contributed by atoms with Crippen LogP contribution >= 0.6 is 0 Å². The number of esters is 1. The van der Waals surface area contributed by atoms with E-state index in [-0.39, 0.29) is 11.9 Å².